The quantitative estimate of drug-likeness (QED) is 0.267. The van der Waals surface area contributed by atoms with Gasteiger partial charge < -0.3 is 9.47 Å². The van der Waals surface area contributed by atoms with Gasteiger partial charge >= 0.3 is 5.97 Å². The number of carbonyl (C=O) groups is 1. The van der Waals surface area contributed by atoms with E-state index in [9.17, 15) is 18.0 Å². The molecular formula is C25H26F3NO3. The summed E-state index contributed by atoms with van der Waals surface area (Å²) in [6, 6.07) is 7.16. The molecule has 0 bridgehead atoms. The number of nitriles is 1. The van der Waals surface area contributed by atoms with Crippen LogP contribution in [0.5, 0.6) is 5.75 Å². The van der Waals surface area contributed by atoms with E-state index in [0.29, 0.717) is 12.1 Å². The van der Waals surface area contributed by atoms with Gasteiger partial charge in [-0.1, -0.05) is 25.8 Å². The van der Waals surface area contributed by atoms with Crippen LogP contribution in [-0.2, 0) is 4.74 Å². The molecule has 0 saturated heterocycles. The molecule has 3 rings (SSSR count). The fraction of sp³-hybridized carbons (Fsp3) is 0.440. The smallest absolute Gasteiger partial charge is 0.346 e. The minimum Gasteiger partial charge on any atom is -0.423 e. The van der Waals surface area contributed by atoms with E-state index in [1.807, 2.05) is 0 Å². The van der Waals surface area contributed by atoms with Crippen LogP contribution >= 0.6 is 0 Å². The zero-order valence-corrected chi connectivity index (χ0v) is 18.0. The predicted octanol–water partition coefficient (Wildman–Crippen LogP) is 6.43. The molecule has 0 N–H and O–H groups in total. The van der Waals surface area contributed by atoms with Crippen molar-refractivity contribution < 1.29 is 27.4 Å². The van der Waals surface area contributed by atoms with Gasteiger partial charge in [0.25, 0.3) is 0 Å². The Kier molecular flexibility index (Phi) is 8.29. The zero-order valence-electron chi connectivity index (χ0n) is 18.0. The lowest BCUT2D eigenvalue weighted by molar-refractivity contribution is 0.0227. The summed E-state index contributed by atoms with van der Waals surface area (Å²) in [5.74, 6) is -4.38. The first-order chi connectivity index (χ1) is 15.4. The summed E-state index contributed by atoms with van der Waals surface area (Å²) >= 11 is 0. The minimum absolute atomic E-state index is 0.187. The number of halogens is 3. The van der Waals surface area contributed by atoms with Crippen LogP contribution in [0.4, 0.5) is 13.2 Å². The normalized spacial score (nSPS) is 18.2. The number of esters is 1. The van der Waals surface area contributed by atoms with Crippen LogP contribution in [0.2, 0.25) is 0 Å². The van der Waals surface area contributed by atoms with Crippen LogP contribution in [0.3, 0.4) is 0 Å². The van der Waals surface area contributed by atoms with Gasteiger partial charge in [-0.3, -0.25) is 0 Å². The molecule has 0 unspecified atom stereocenters. The van der Waals surface area contributed by atoms with E-state index in [1.54, 1.807) is 6.07 Å². The fourth-order valence-electron chi connectivity index (χ4n) is 3.99. The molecule has 1 fully saturated rings. The monoisotopic (exact) mass is 445 g/mol. The lowest BCUT2D eigenvalue weighted by atomic mass is 9.82. The Morgan fingerprint density at radius 1 is 1.03 bits per heavy atom. The van der Waals surface area contributed by atoms with Crippen molar-refractivity contribution in [1.82, 2.24) is 0 Å². The molecule has 2 aromatic carbocycles. The molecular weight excluding hydrogens is 419 g/mol. The number of benzene rings is 2. The number of hydrogen-bond acceptors (Lipinski definition) is 4. The van der Waals surface area contributed by atoms with Gasteiger partial charge in [0.2, 0.25) is 0 Å². The summed E-state index contributed by atoms with van der Waals surface area (Å²) in [7, 11) is 0. The van der Waals surface area contributed by atoms with Gasteiger partial charge in [-0.25, -0.2) is 18.0 Å². The molecule has 4 nitrogen and oxygen atoms in total. The number of nitrogens with zero attached hydrogens (tertiary/aromatic N) is 1. The van der Waals surface area contributed by atoms with Crippen molar-refractivity contribution in [2.24, 2.45) is 0 Å². The average Bonchev–Trinajstić information content (AvgIpc) is 2.77. The second-order valence-electron chi connectivity index (χ2n) is 8.05. The molecule has 0 aromatic heterocycles. The van der Waals surface area contributed by atoms with E-state index in [0.717, 1.165) is 50.7 Å². The van der Waals surface area contributed by atoms with Crippen LogP contribution < -0.4 is 4.74 Å². The summed E-state index contributed by atoms with van der Waals surface area (Å²) in [5.41, 5.74) is -0.299. The maximum Gasteiger partial charge on any atom is 0.346 e. The third-order valence-corrected chi connectivity index (χ3v) is 5.80. The van der Waals surface area contributed by atoms with Crippen LogP contribution in [0.15, 0.2) is 30.3 Å². The molecule has 0 amide bonds. The first-order valence-corrected chi connectivity index (χ1v) is 10.9. The predicted molar refractivity (Wildman–Crippen MR) is 113 cm³/mol. The number of ether oxygens (including phenoxy) is 2. The maximum absolute atomic E-state index is 14.6. The van der Waals surface area contributed by atoms with E-state index >= 15 is 0 Å². The maximum atomic E-state index is 14.6. The molecule has 1 aliphatic carbocycles. The van der Waals surface area contributed by atoms with E-state index in [-0.39, 0.29) is 17.6 Å². The van der Waals surface area contributed by atoms with Crippen molar-refractivity contribution in [2.75, 3.05) is 6.61 Å². The van der Waals surface area contributed by atoms with E-state index in [1.165, 1.54) is 24.6 Å². The average molecular weight is 445 g/mol. The van der Waals surface area contributed by atoms with E-state index < -0.39 is 34.7 Å². The molecule has 2 aromatic rings. The van der Waals surface area contributed by atoms with Crippen LogP contribution in [-0.4, -0.2) is 18.7 Å². The Bertz CT molecular complexity index is 971. The Labute approximate surface area is 186 Å². The minimum atomic E-state index is -1.16. The number of rotatable bonds is 8. The third kappa shape index (κ3) is 5.89. The van der Waals surface area contributed by atoms with Crippen molar-refractivity contribution in [2.45, 2.75) is 63.9 Å². The van der Waals surface area contributed by atoms with Gasteiger partial charge in [-0.2, -0.15) is 5.26 Å². The van der Waals surface area contributed by atoms with Crippen molar-refractivity contribution >= 4 is 5.97 Å². The summed E-state index contributed by atoms with van der Waals surface area (Å²) in [6.07, 6.45) is 7.23. The molecule has 0 heterocycles. The standard InChI is InChI=1S/C25H26F3NO3/c1-2-3-4-11-31-18-8-5-16(6-9-18)17-7-10-20(22(26)12-17)25(30)32-19-13-23(27)21(15-29)24(28)14-19/h7,10,12-14,16,18H,2-6,8-9,11H2,1H3. The van der Waals surface area contributed by atoms with Crippen LogP contribution in [0, 0.1) is 28.8 Å². The molecule has 170 valence electrons. The first kappa shape index (κ1) is 23.8. The number of carbonyl (C=O) groups excluding carboxylic acids is 1. The highest BCUT2D eigenvalue weighted by molar-refractivity contribution is 5.91. The highest BCUT2D eigenvalue weighted by Gasteiger charge is 2.24. The van der Waals surface area contributed by atoms with Crippen molar-refractivity contribution in [3.63, 3.8) is 0 Å². The van der Waals surface area contributed by atoms with Crippen molar-refractivity contribution in [1.29, 1.82) is 5.26 Å². The van der Waals surface area contributed by atoms with Crippen molar-refractivity contribution in [3.8, 4) is 11.8 Å². The summed E-state index contributed by atoms with van der Waals surface area (Å²) < 4.78 is 52.9. The SMILES string of the molecule is CCCCCOC1CCC(c2ccc(C(=O)Oc3cc(F)c(C#N)c(F)c3)c(F)c2)CC1. The van der Waals surface area contributed by atoms with E-state index in [4.69, 9.17) is 14.7 Å². The molecule has 32 heavy (non-hydrogen) atoms. The largest absolute Gasteiger partial charge is 0.423 e. The van der Waals surface area contributed by atoms with Gasteiger partial charge in [0, 0.05) is 18.7 Å². The van der Waals surface area contributed by atoms with Crippen LogP contribution in [0.1, 0.15) is 79.3 Å². The Hall–Kier alpha value is -2.85. The molecule has 0 radical (unpaired) electrons. The van der Waals surface area contributed by atoms with Crippen molar-refractivity contribution in [3.05, 3.63) is 64.5 Å². The summed E-state index contributed by atoms with van der Waals surface area (Å²) in [5, 5.41) is 8.70. The highest BCUT2D eigenvalue weighted by atomic mass is 19.1. The highest BCUT2D eigenvalue weighted by Crippen LogP contribution is 2.35. The van der Waals surface area contributed by atoms with Gasteiger partial charge in [-0.15, -0.1) is 0 Å². The summed E-state index contributed by atoms with van der Waals surface area (Å²) in [6.45, 7) is 2.93. The first-order valence-electron chi connectivity index (χ1n) is 10.9. The molecule has 7 heteroatoms. The zero-order chi connectivity index (χ0) is 23.1. The second-order valence-corrected chi connectivity index (χ2v) is 8.05. The Morgan fingerprint density at radius 3 is 2.31 bits per heavy atom. The Morgan fingerprint density at radius 2 is 1.72 bits per heavy atom. The van der Waals surface area contributed by atoms with E-state index in [2.05, 4.69) is 6.92 Å². The molecule has 1 saturated carbocycles. The molecule has 0 atom stereocenters. The molecule has 1 aliphatic rings. The number of hydrogen-bond donors (Lipinski definition) is 0. The molecule has 0 spiro atoms. The second kappa shape index (κ2) is 11.1. The van der Waals surface area contributed by atoms with Gasteiger partial charge in [0.1, 0.15) is 34.8 Å². The fourth-order valence-corrected chi connectivity index (χ4v) is 3.99. The lowest BCUT2D eigenvalue weighted by Gasteiger charge is -2.29. The number of unbranched alkanes of at least 4 members (excludes halogenated alkanes) is 2. The molecule has 0 aliphatic heterocycles. The Balaban J connectivity index is 1.60. The lowest BCUT2D eigenvalue weighted by Crippen LogP contribution is -2.21. The third-order valence-electron chi connectivity index (χ3n) is 5.80. The van der Waals surface area contributed by atoms with Gasteiger partial charge in [-0.05, 0) is 55.7 Å². The van der Waals surface area contributed by atoms with Gasteiger partial charge in [0.05, 0.1) is 11.7 Å². The van der Waals surface area contributed by atoms with Gasteiger partial charge in [0.15, 0.2) is 0 Å². The topological polar surface area (TPSA) is 59.3 Å². The van der Waals surface area contributed by atoms with Crippen LogP contribution in [0.25, 0.3) is 0 Å². The summed E-state index contributed by atoms with van der Waals surface area (Å²) in [4.78, 5) is 12.3.